The van der Waals surface area contributed by atoms with Gasteiger partial charge in [-0.05, 0) is 36.6 Å². The van der Waals surface area contributed by atoms with Crippen molar-refractivity contribution >= 4 is 12.0 Å². The van der Waals surface area contributed by atoms with Crippen molar-refractivity contribution in [3.63, 3.8) is 0 Å². The SMILES string of the molecule is COC(=O)N1CCC(NC(=O)c2ccc(Cn3cccn3)cc2)CC1. The summed E-state index contributed by atoms with van der Waals surface area (Å²) in [5.74, 6) is -0.0813. The Morgan fingerprint density at radius 2 is 1.96 bits per heavy atom. The standard InChI is InChI=1S/C18H22N4O3/c1-25-18(24)21-11-7-16(8-12-21)20-17(23)15-5-3-14(4-6-15)13-22-10-2-9-19-22/h2-6,9-10,16H,7-8,11-13H2,1H3,(H,20,23). The number of hydrogen-bond acceptors (Lipinski definition) is 4. The van der Waals surface area contributed by atoms with Crippen LogP contribution in [0.3, 0.4) is 0 Å². The summed E-state index contributed by atoms with van der Waals surface area (Å²) in [4.78, 5) is 25.5. The summed E-state index contributed by atoms with van der Waals surface area (Å²) in [6, 6.07) is 9.51. The van der Waals surface area contributed by atoms with Gasteiger partial charge in [0.15, 0.2) is 0 Å². The molecule has 132 valence electrons. The van der Waals surface area contributed by atoms with Crippen LogP contribution in [0.4, 0.5) is 4.79 Å². The van der Waals surface area contributed by atoms with Gasteiger partial charge in [0.1, 0.15) is 0 Å². The molecule has 2 aromatic rings. The maximum atomic E-state index is 12.4. The molecule has 3 rings (SSSR count). The van der Waals surface area contributed by atoms with Crippen molar-refractivity contribution < 1.29 is 14.3 Å². The molecule has 0 unspecified atom stereocenters. The number of piperidine rings is 1. The summed E-state index contributed by atoms with van der Waals surface area (Å²) < 4.78 is 6.55. The van der Waals surface area contributed by atoms with Crippen LogP contribution >= 0.6 is 0 Å². The van der Waals surface area contributed by atoms with Crippen molar-refractivity contribution in [3.8, 4) is 0 Å². The van der Waals surface area contributed by atoms with Gasteiger partial charge in [-0.3, -0.25) is 9.48 Å². The van der Waals surface area contributed by atoms with Crippen molar-refractivity contribution in [2.75, 3.05) is 20.2 Å². The second-order valence-electron chi connectivity index (χ2n) is 6.11. The fourth-order valence-corrected chi connectivity index (χ4v) is 2.95. The van der Waals surface area contributed by atoms with Crippen LogP contribution < -0.4 is 5.32 Å². The zero-order valence-electron chi connectivity index (χ0n) is 14.2. The van der Waals surface area contributed by atoms with Crippen LogP contribution in [0.1, 0.15) is 28.8 Å². The molecule has 1 aliphatic heterocycles. The van der Waals surface area contributed by atoms with Gasteiger partial charge in [-0.15, -0.1) is 0 Å². The van der Waals surface area contributed by atoms with Crippen LogP contribution in [0.5, 0.6) is 0 Å². The average Bonchev–Trinajstić information content (AvgIpc) is 3.15. The minimum absolute atomic E-state index is 0.0807. The second kappa shape index (κ2) is 7.83. The number of ether oxygens (including phenoxy) is 1. The van der Waals surface area contributed by atoms with Crippen LogP contribution in [0.25, 0.3) is 0 Å². The highest BCUT2D eigenvalue weighted by Gasteiger charge is 2.24. The van der Waals surface area contributed by atoms with Gasteiger partial charge in [0.05, 0.1) is 13.7 Å². The van der Waals surface area contributed by atoms with Gasteiger partial charge < -0.3 is 15.0 Å². The largest absolute Gasteiger partial charge is 0.453 e. The predicted octanol–water partition coefficient (Wildman–Crippen LogP) is 1.89. The molecule has 7 nitrogen and oxygen atoms in total. The molecule has 1 N–H and O–H groups in total. The highest BCUT2D eigenvalue weighted by Crippen LogP contribution is 2.13. The van der Waals surface area contributed by atoms with E-state index in [4.69, 9.17) is 4.74 Å². The monoisotopic (exact) mass is 342 g/mol. The third kappa shape index (κ3) is 4.37. The first-order valence-electron chi connectivity index (χ1n) is 8.36. The van der Waals surface area contributed by atoms with Crippen LogP contribution in [0.2, 0.25) is 0 Å². The number of rotatable bonds is 4. The van der Waals surface area contributed by atoms with Gasteiger partial charge in [-0.1, -0.05) is 12.1 Å². The molecule has 2 amide bonds. The van der Waals surface area contributed by atoms with Crippen LogP contribution in [-0.2, 0) is 11.3 Å². The van der Waals surface area contributed by atoms with E-state index in [0.717, 1.165) is 18.4 Å². The van der Waals surface area contributed by atoms with E-state index in [-0.39, 0.29) is 18.0 Å². The number of amides is 2. The molecular weight excluding hydrogens is 320 g/mol. The van der Waals surface area contributed by atoms with E-state index >= 15 is 0 Å². The first-order chi connectivity index (χ1) is 12.2. The zero-order valence-corrected chi connectivity index (χ0v) is 14.2. The summed E-state index contributed by atoms with van der Waals surface area (Å²) in [6.07, 6.45) is 4.81. The lowest BCUT2D eigenvalue weighted by Gasteiger charge is -2.31. The number of methoxy groups -OCH3 is 1. The lowest BCUT2D eigenvalue weighted by Crippen LogP contribution is -2.46. The number of likely N-dealkylation sites (tertiary alicyclic amines) is 1. The Bertz CT molecular complexity index is 704. The van der Waals surface area contributed by atoms with E-state index < -0.39 is 0 Å². The smallest absolute Gasteiger partial charge is 0.409 e. The van der Waals surface area contributed by atoms with Crippen molar-refractivity contribution in [3.05, 3.63) is 53.9 Å². The van der Waals surface area contributed by atoms with Gasteiger partial charge in [0, 0.05) is 37.1 Å². The molecular formula is C18H22N4O3. The van der Waals surface area contributed by atoms with Gasteiger partial charge in [0.25, 0.3) is 5.91 Å². The summed E-state index contributed by atoms with van der Waals surface area (Å²) in [7, 11) is 1.38. The van der Waals surface area contributed by atoms with Crippen molar-refractivity contribution in [1.29, 1.82) is 0 Å². The first kappa shape index (κ1) is 17.0. The Morgan fingerprint density at radius 3 is 2.56 bits per heavy atom. The maximum Gasteiger partial charge on any atom is 0.409 e. The zero-order chi connectivity index (χ0) is 17.6. The summed E-state index contributed by atoms with van der Waals surface area (Å²) >= 11 is 0. The molecule has 0 aliphatic carbocycles. The van der Waals surface area contributed by atoms with E-state index in [1.807, 2.05) is 41.2 Å². The Labute approximate surface area is 146 Å². The number of aromatic nitrogens is 2. The fraction of sp³-hybridized carbons (Fsp3) is 0.389. The summed E-state index contributed by atoms with van der Waals surface area (Å²) in [6.45, 7) is 1.88. The lowest BCUT2D eigenvalue weighted by molar-refractivity contribution is 0.0892. The van der Waals surface area contributed by atoms with Crippen molar-refractivity contribution in [1.82, 2.24) is 20.0 Å². The number of hydrogen-bond donors (Lipinski definition) is 1. The number of carbonyl (C=O) groups is 2. The molecule has 0 radical (unpaired) electrons. The van der Waals surface area contributed by atoms with E-state index in [1.54, 1.807) is 11.1 Å². The normalized spacial score (nSPS) is 15.0. The van der Waals surface area contributed by atoms with Crippen LogP contribution in [0, 0.1) is 0 Å². The number of benzene rings is 1. The molecule has 2 heterocycles. The Kier molecular flexibility index (Phi) is 5.33. The molecule has 7 heteroatoms. The second-order valence-corrected chi connectivity index (χ2v) is 6.11. The first-order valence-corrected chi connectivity index (χ1v) is 8.36. The molecule has 0 atom stereocenters. The molecule has 0 saturated carbocycles. The Hall–Kier alpha value is -2.83. The molecule has 0 bridgehead atoms. The van der Waals surface area contributed by atoms with Crippen molar-refractivity contribution in [2.45, 2.75) is 25.4 Å². The topological polar surface area (TPSA) is 76.5 Å². The molecule has 25 heavy (non-hydrogen) atoms. The van der Waals surface area contributed by atoms with Crippen LogP contribution in [0.15, 0.2) is 42.7 Å². The number of carbonyl (C=O) groups excluding carboxylic acids is 2. The average molecular weight is 342 g/mol. The van der Waals surface area contributed by atoms with E-state index in [2.05, 4.69) is 10.4 Å². The molecule has 0 spiro atoms. The van der Waals surface area contributed by atoms with Crippen molar-refractivity contribution in [2.24, 2.45) is 0 Å². The molecule has 1 aromatic carbocycles. The van der Waals surface area contributed by atoms with E-state index in [9.17, 15) is 9.59 Å². The molecule has 1 fully saturated rings. The van der Waals surface area contributed by atoms with Gasteiger partial charge in [0.2, 0.25) is 0 Å². The number of nitrogens with zero attached hydrogens (tertiary/aromatic N) is 3. The van der Waals surface area contributed by atoms with E-state index in [0.29, 0.717) is 25.2 Å². The minimum Gasteiger partial charge on any atom is -0.453 e. The summed E-state index contributed by atoms with van der Waals surface area (Å²) in [5, 5.41) is 7.21. The Morgan fingerprint density at radius 1 is 1.24 bits per heavy atom. The third-order valence-corrected chi connectivity index (χ3v) is 4.38. The quantitative estimate of drug-likeness (QED) is 0.921. The maximum absolute atomic E-state index is 12.4. The van der Waals surface area contributed by atoms with Gasteiger partial charge >= 0.3 is 6.09 Å². The van der Waals surface area contributed by atoms with Gasteiger partial charge in [-0.2, -0.15) is 5.10 Å². The highest BCUT2D eigenvalue weighted by molar-refractivity contribution is 5.94. The van der Waals surface area contributed by atoms with Gasteiger partial charge in [-0.25, -0.2) is 4.79 Å². The third-order valence-electron chi connectivity index (χ3n) is 4.38. The predicted molar refractivity (Wildman–Crippen MR) is 92.2 cm³/mol. The summed E-state index contributed by atoms with van der Waals surface area (Å²) in [5.41, 5.74) is 1.73. The van der Waals surface area contributed by atoms with Crippen LogP contribution in [-0.4, -0.2) is 52.9 Å². The molecule has 1 saturated heterocycles. The number of nitrogens with one attached hydrogen (secondary N) is 1. The minimum atomic E-state index is -0.308. The molecule has 1 aromatic heterocycles. The highest BCUT2D eigenvalue weighted by atomic mass is 16.5. The fourth-order valence-electron chi connectivity index (χ4n) is 2.95. The van der Waals surface area contributed by atoms with E-state index in [1.165, 1.54) is 7.11 Å². The molecule has 1 aliphatic rings. The Balaban J connectivity index is 1.51. The lowest BCUT2D eigenvalue weighted by atomic mass is 10.0.